The number of nitro groups is 1. The molecule has 0 heterocycles. The van der Waals surface area contributed by atoms with Gasteiger partial charge < -0.3 is 10.4 Å². The van der Waals surface area contributed by atoms with E-state index in [1.165, 1.54) is 6.07 Å². The Hall–Kier alpha value is -1.33. The average molecular weight is 299 g/mol. The molecule has 6 heteroatoms. The molecule has 1 aromatic rings. The summed E-state index contributed by atoms with van der Waals surface area (Å²) in [5, 5.41) is 23.6. The summed E-state index contributed by atoms with van der Waals surface area (Å²) in [5.41, 5.74) is 1.56. The van der Waals surface area contributed by atoms with Crippen molar-refractivity contribution >= 4 is 23.0 Å². The van der Waals surface area contributed by atoms with E-state index in [1.807, 2.05) is 6.92 Å². The van der Waals surface area contributed by atoms with Crippen LogP contribution in [0.1, 0.15) is 24.8 Å². The highest BCUT2D eigenvalue weighted by atomic mass is 35.5. The maximum absolute atomic E-state index is 10.8. The molecular formula is C14H19ClN2O3. The van der Waals surface area contributed by atoms with E-state index in [1.54, 1.807) is 6.07 Å². The third-order valence-corrected chi connectivity index (χ3v) is 4.40. The van der Waals surface area contributed by atoms with Gasteiger partial charge in [0.25, 0.3) is 5.69 Å². The molecule has 2 atom stereocenters. The van der Waals surface area contributed by atoms with Crippen LogP contribution in [0, 0.1) is 28.9 Å². The summed E-state index contributed by atoms with van der Waals surface area (Å²) in [4.78, 5) is 10.3. The minimum Gasteiger partial charge on any atom is -0.396 e. The molecule has 2 rings (SSSR count). The van der Waals surface area contributed by atoms with Gasteiger partial charge in [-0.3, -0.25) is 10.1 Å². The molecule has 0 aliphatic heterocycles. The summed E-state index contributed by atoms with van der Waals surface area (Å²) in [6.07, 6.45) is 3.33. The van der Waals surface area contributed by atoms with E-state index in [-0.39, 0.29) is 17.3 Å². The van der Waals surface area contributed by atoms with Crippen molar-refractivity contribution in [2.24, 2.45) is 11.8 Å². The minimum absolute atomic E-state index is 0.0659. The topological polar surface area (TPSA) is 75.4 Å². The number of rotatable bonds is 5. The van der Waals surface area contributed by atoms with Gasteiger partial charge in [-0.2, -0.15) is 0 Å². The van der Waals surface area contributed by atoms with Crippen LogP contribution < -0.4 is 5.32 Å². The van der Waals surface area contributed by atoms with Crippen LogP contribution in [-0.2, 0) is 0 Å². The Morgan fingerprint density at radius 2 is 2.15 bits per heavy atom. The molecule has 1 aliphatic carbocycles. The fraction of sp³-hybridized carbons (Fsp3) is 0.571. The summed E-state index contributed by atoms with van der Waals surface area (Å²) in [6, 6.07) is 3.10. The van der Waals surface area contributed by atoms with Crippen molar-refractivity contribution < 1.29 is 10.0 Å². The molecule has 0 aromatic heterocycles. The number of hydrogen-bond donors (Lipinski definition) is 2. The molecule has 0 bridgehead atoms. The fourth-order valence-electron chi connectivity index (χ4n) is 2.86. The van der Waals surface area contributed by atoms with Gasteiger partial charge in [0, 0.05) is 24.9 Å². The zero-order valence-electron chi connectivity index (χ0n) is 11.4. The molecule has 1 fully saturated rings. The van der Waals surface area contributed by atoms with E-state index in [0.29, 0.717) is 11.8 Å². The molecule has 1 aromatic carbocycles. The van der Waals surface area contributed by atoms with Crippen LogP contribution in [0.15, 0.2) is 12.1 Å². The first-order valence-corrected chi connectivity index (χ1v) is 7.20. The van der Waals surface area contributed by atoms with Gasteiger partial charge in [-0.05, 0) is 43.2 Å². The van der Waals surface area contributed by atoms with Crippen molar-refractivity contribution in [1.82, 2.24) is 0 Å². The lowest BCUT2D eigenvalue weighted by atomic mass is 9.97. The lowest BCUT2D eigenvalue weighted by molar-refractivity contribution is -0.384. The predicted molar refractivity (Wildman–Crippen MR) is 79.2 cm³/mol. The van der Waals surface area contributed by atoms with Gasteiger partial charge in [0.05, 0.1) is 4.92 Å². The summed E-state index contributed by atoms with van der Waals surface area (Å²) in [7, 11) is 0. The lowest BCUT2D eigenvalue weighted by Gasteiger charge is -2.19. The Morgan fingerprint density at radius 3 is 2.80 bits per heavy atom. The number of aliphatic hydroxyl groups is 1. The number of aryl methyl sites for hydroxylation is 1. The van der Waals surface area contributed by atoms with Crippen LogP contribution in [0.25, 0.3) is 0 Å². The second kappa shape index (κ2) is 6.41. The third-order valence-electron chi connectivity index (χ3n) is 4.10. The number of nitrogens with one attached hydrogen (secondary N) is 1. The monoisotopic (exact) mass is 298 g/mol. The van der Waals surface area contributed by atoms with Crippen molar-refractivity contribution in [1.29, 1.82) is 0 Å². The average Bonchev–Trinajstić information content (AvgIpc) is 2.86. The molecule has 2 unspecified atom stereocenters. The van der Waals surface area contributed by atoms with Gasteiger partial charge >= 0.3 is 0 Å². The van der Waals surface area contributed by atoms with E-state index in [9.17, 15) is 15.2 Å². The zero-order valence-corrected chi connectivity index (χ0v) is 12.2. The molecule has 0 saturated heterocycles. The number of aliphatic hydroxyl groups excluding tert-OH is 1. The second-order valence-corrected chi connectivity index (χ2v) is 5.80. The van der Waals surface area contributed by atoms with E-state index in [4.69, 9.17) is 11.6 Å². The summed E-state index contributed by atoms with van der Waals surface area (Å²) in [6.45, 7) is 2.82. The molecule has 110 valence electrons. The normalized spacial score (nSPS) is 21.9. The first-order valence-electron chi connectivity index (χ1n) is 6.82. The van der Waals surface area contributed by atoms with Crippen molar-refractivity contribution in [2.75, 3.05) is 18.5 Å². The molecule has 20 heavy (non-hydrogen) atoms. The van der Waals surface area contributed by atoms with Crippen molar-refractivity contribution in [3.63, 3.8) is 0 Å². The maximum Gasteiger partial charge on any atom is 0.288 e. The van der Waals surface area contributed by atoms with Crippen molar-refractivity contribution in [2.45, 2.75) is 26.2 Å². The summed E-state index contributed by atoms with van der Waals surface area (Å²) in [5.74, 6) is 0.810. The zero-order chi connectivity index (χ0) is 14.7. The van der Waals surface area contributed by atoms with Crippen molar-refractivity contribution in [3.05, 3.63) is 32.8 Å². The fourth-order valence-corrected chi connectivity index (χ4v) is 3.09. The minimum atomic E-state index is -0.474. The van der Waals surface area contributed by atoms with Gasteiger partial charge in [0.2, 0.25) is 0 Å². The second-order valence-electron chi connectivity index (χ2n) is 5.39. The smallest absolute Gasteiger partial charge is 0.288 e. The molecule has 0 spiro atoms. The Kier molecular flexibility index (Phi) is 4.83. The Bertz CT molecular complexity index is 507. The predicted octanol–water partition coefficient (Wildman–Crippen LogP) is 3.38. The van der Waals surface area contributed by atoms with Gasteiger partial charge in [-0.1, -0.05) is 18.0 Å². The Balaban J connectivity index is 2.06. The standard InChI is InChI=1S/C14H19ClN2O3/c1-9-5-14(17(19)20)12(15)6-13(9)16-7-10-3-2-4-11(10)8-18/h5-6,10-11,16,18H,2-4,7-8H2,1H3. The number of hydrogen-bond acceptors (Lipinski definition) is 4. The first kappa shape index (κ1) is 15.1. The molecule has 5 nitrogen and oxygen atoms in total. The van der Waals surface area contributed by atoms with Crippen molar-refractivity contribution in [3.8, 4) is 0 Å². The molecule has 2 N–H and O–H groups in total. The van der Waals surface area contributed by atoms with Gasteiger partial charge in [-0.15, -0.1) is 0 Å². The largest absolute Gasteiger partial charge is 0.396 e. The molecule has 1 saturated carbocycles. The highest BCUT2D eigenvalue weighted by Gasteiger charge is 2.26. The first-order chi connectivity index (χ1) is 9.52. The summed E-state index contributed by atoms with van der Waals surface area (Å²) < 4.78 is 0. The number of nitro benzene ring substituents is 1. The van der Waals surface area contributed by atoms with E-state index in [2.05, 4.69) is 5.32 Å². The Labute approximate surface area is 123 Å². The molecule has 0 amide bonds. The summed E-state index contributed by atoms with van der Waals surface area (Å²) >= 11 is 5.93. The SMILES string of the molecule is Cc1cc([N+](=O)[O-])c(Cl)cc1NCC1CCCC1CO. The van der Waals surface area contributed by atoms with E-state index < -0.39 is 4.92 Å². The van der Waals surface area contributed by atoms with Crippen LogP contribution in [0.5, 0.6) is 0 Å². The van der Waals surface area contributed by atoms with Crippen LogP contribution >= 0.6 is 11.6 Å². The van der Waals surface area contributed by atoms with E-state index in [0.717, 1.165) is 37.1 Å². The number of anilines is 1. The van der Waals surface area contributed by atoms with Crippen LogP contribution in [0.4, 0.5) is 11.4 Å². The maximum atomic E-state index is 10.8. The van der Waals surface area contributed by atoms with Crippen LogP contribution in [-0.4, -0.2) is 23.2 Å². The molecule has 1 aliphatic rings. The van der Waals surface area contributed by atoms with Gasteiger partial charge in [-0.25, -0.2) is 0 Å². The highest BCUT2D eigenvalue weighted by Crippen LogP contribution is 2.33. The number of halogens is 1. The van der Waals surface area contributed by atoms with Gasteiger partial charge in [0.15, 0.2) is 0 Å². The molecular weight excluding hydrogens is 280 g/mol. The molecule has 0 radical (unpaired) electrons. The van der Waals surface area contributed by atoms with Crippen LogP contribution in [0.2, 0.25) is 5.02 Å². The van der Waals surface area contributed by atoms with Crippen LogP contribution in [0.3, 0.4) is 0 Å². The Morgan fingerprint density at radius 1 is 1.45 bits per heavy atom. The quantitative estimate of drug-likeness (QED) is 0.645. The number of benzene rings is 1. The third kappa shape index (κ3) is 3.22. The highest BCUT2D eigenvalue weighted by molar-refractivity contribution is 6.33. The van der Waals surface area contributed by atoms with E-state index >= 15 is 0 Å². The van der Waals surface area contributed by atoms with Gasteiger partial charge in [0.1, 0.15) is 5.02 Å². The number of nitrogens with zero attached hydrogens (tertiary/aromatic N) is 1. The lowest BCUT2D eigenvalue weighted by Crippen LogP contribution is -2.21.